The molecule has 1 aliphatic carbocycles. The van der Waals surface area contributed by atoms with Gasteiger partial charge in [0, 0.05) is 19.5 Å². The number of alkyl halides is 3. The molecule has 0 aromatic carbocycles. The summed E-state index contributed by atoms with van der Waals surface area (Å²) in [5, 5.41) is 6.78. The van der Waals surface area contributed by atoms with Crippen LogP contribution in [0.1, 0.15) is 30.9 Å². The average Bonchev–Trinajstić information content (AvgIpc) is 3.05. The van der Waals surface area contributed by atoms with Crippen molar-refractivity contribution in [2.45, 2.75) is 38.5 Å². The van der Waals surface area contributed by atoms with Crippen LogP contribution in [0.15, 0.2) is 0 Å². The van der Waals surface area contributed by atoms with Gasteiger partial charge in [-0.15, -0.1) is 10.2 Å². The Balaban J connectivity index is 1.71. The van der Waals surface area contributed by atoms with Crippen molar-refractivity contribution in [1.82, 2.24) is 19.7 Å². The minimum Gasteiger partial charge on any atom is -0.333 e. The molecule has 21 heavy (non-hydrogen) atoms. The number of rotatable bonds is 3. The van der Waals surface area contributed by atoms with Crippen LogP contribution in [0.4, 0.5) is 13.2 Å². The summed E-state index contributed by atoms with van der Waals surface area (Å²) in [6.07, 6.45) is -2.12. The van der Waals surface area contributed by atoms with Crippen molar-refractivity contribution in [3.63, 3.8) is 0 Å². The molecule has 2 aliphatic rings. The van der Waals surface area contributed by atoms with E-state index in [0.717, 1.165) is 17.4 Å². The maximum absolute atomic E-state index is 12.7. The first-order valence-corrected chi connectivity index (χ1v) is 7.36. The third kappa shape index (κ3) is 2.75. The van der Waals surface area contributed by atoms with Crippen LogP contribution in [0.3, 0.4) is 0 Å². The Bertz CT molecular complexity index is 567. The molecule has 0 atom stereocenters. The maximum Gasteiger partial charge on any atom is 0.451 e. The van der Waals surface area contributed by atoms with Crippen molar-refractivity contribution in [2.75, 3.05) is 12.3 Å². The van der Waals surface area contributed by atoms with E-state index in [9.17, 15) is 18.0 Å². The average molecular weight is 320 g/mol. The summed E-state index contributed by atoms with van der Waals surface area (Å²) >= 11 is 4.26. The fraction of sp³-hybridized carbons (Fsp3) is 0.750. The molecule has 1 saturated carbocycles. The smallest absolute Gasteiger partial charge is 0.333 e. The number of hydrogen-bond donors (Lipinski definition) is 1. The topological polar surface area (TPSA) is 51.0 Å². The second-order valence-corrected chi connectivity index (χ2v) is 6.06. The van der Waals surface area contributed by atoms with Crippen molar-refractivity contribution in [1.29, 1.82) is 0 Å². The van der Waals surface area contributed by atoms with E-state index >= 15 is 0 Å². The van der Waals surface area contributed by atoms with Crippen molar-refractivity contribution < 1.29 is 18.0 Å². The fourth-order valence-electron chi connectivity index (χ4n) is 2.58. The van der Waals surface area contributed by atoms with Crippen LogP contribution in [0.2, 0.25) is 0 Å². The number of fused-ring (bicyclic) bond motifs is 1. The van der Waals surface area contributed by atoms with Gasteiger partial charge in [-0.1, -0.05) is 0 Å². The van der Waals surface area contributed by atoms with Crippen molar-refractivity contribution in [3.05, 3.63) is 11.6 Å². The van der Waals surface area contributed by atoms with E-state index in [2.05, 4.69) is 22.8 Å². The molecule has 0 bridgehead atoms. The molecule has 5 nitrogen and oxygen atoms in total. The van der Waals surface area contributed by atoms with Crippen LogP contribution in [0.25, 0.3) is 0 Å². The van der Waals surface area contributed by atoms with Gasteiger partial charge in [-0.3, -0.25) is 4.79 Å². The monoisotopic (exact) mass is 320 g/mol. The Labute approximate surface area is 124 Å². The highest BCUT2D eigenvalue weighted by Crippen LogP contribution is 2.50. The summed E-state index contributed by atoms with van der Waals surface area (Å²) < 4.78 is 39.2. The lowest BCUT2D eigenvalue weighted by Gasteiger charge is -2.29. The van der Waals surface area contributed by atoms with Crippen molar-refractivity contribution in [3.8, 4) is 0 Å². The Morgan fingerprint density at radius 3 is 2.57 bits per heavy atom. The number of carbonyl (C=O) groups is 1. The second kappa shape index (κ2) is 4.89. The van der Waals surface area contributed by atoms with Crippen LogP contribution in [0, 0.1) is 5.41 Å². The van der Waals surface area contributed by atoms with Gasteiger partial charge in [0.2, 0.25) is 11.7 Å². The van der Waals surface area contributed by atoms with Gasteiger partial charge in [-0.25, -0.2) is 0 Å². The van der Waals surface area contributed by atoms with E-state index in [0.29, 0.717) is 12.2 Å². The molecule has 116 valence electrons. The Morgan fingerprint density at radius 1 is 1.29 bits per heavy atom. The zero-order valence-electron chi connectivity index (χ0n) is 11.2. The van der Waals surface area contributed by atoms with Crippen molar-refractivity contribution in [2.24, 2.45) is 5.41 Å². The molecule has 0 saturated heterocycles. The summed E-state index contributed by atoms with van der Waals surface area (Å²) in [5.41, 5.74) is 0.00242. The van der Waals surface area contributed by atoms with Gasteiger partial charge in [-0.05, 0) is 24.0 Å². The summed E-state index contributed by atoms with van der Waals surface area (Å²) in [6, 6.07) is 0. The molecule has 0 N–H and O–H groups in total. The number of aromatic nitrogens is 3. The lowest BCUT2D eigenvalue weighted by molar-refractivity contribution is -0.148. The number of halogens is 3. The van der Waals surface area contributed by atoms with E-state index in [1.165, 1.54) is 0 Å². The quantitative estimate of drug-likeness (QED) is 0.863. The third-order valence-electron chi connectivity index (χ3n) is 4.18. The van der Waals surface area contributed by atoms with E-state index in [1.54, 1.807) is 4.90 Å². The first-order chi connectivity index (χ1) is 9.85. The Kier molecular flexibility index (Phi) is 3.42. The minimum absolute atomic E-state index is 0.00242. The molecule has 2 heterocycles. The number of amides is 1. The minimum atomic E-state index is -4.51. The summed E-state index contributed by atoms with van der Waals surface area (Å²) in [6.45, 7) is 0.428. The SMILES string of the molecule is O=C(CC1(CS)CC1)N1CCn2c(nnc2C(F)(F)F)C1. The molecule has 1 fully saturated rings. The van der Waals surface area contributed by atoms with Crippen LogP contribution in [-0.2, 0) is 24.1 Å². The van der Waals surface area contributed by atoms with E-state index in [-0.39, 0.29) is 36.8 Å². The molecule has 0 unspecified atom stereocenters. The largest absolute Gasteiger partial charge is 0.451 e. The highest BCUT2D eigenvalue weighted by atomic mass is 32.1. The van der Waals surface area contributed by atoms with Crippen LogP contribution >= 0.6 is 12.6 Å². The first-order valence-electron chi connectivity index (χ1n) is 6.73. The maximum atomic E-state index is 12.7. The standard InChI is InChI=1S/C12H15F3N4OS/c13-12(14,15)10-17-16-8-6-18(3-4-19(8)10)9(20)5-11(7-21)1-2-11/h21H,1-7H2. The first kappa shape index (κ1) is 14.7. The van der Waals surface area contributed by atoms with Gasteiger partial charge in [0.05, 0.1) is 6.54 Å². The lowest BCUT2D eigenvalue weighted by atomic mass is 10.0. The van der Waals surface area contributed by atoms with Gasteiger partial charge in [0.1, 0.15) is 0 Å². The molecule has 1 aromatic heterocycles. The van der Waals surface area contributed by atoms with Crippen molar-refractivity contribution >= 4 is 18.5 Å². The van der Waals surface area contributed by atoms with Crippen LogP contribution < -0.4 is 0 Å². The summed E-state index contributed by atoms with van der Waals surface area (Å²) in [5.74, 6) is -0.165. The molecule has 1 aromatic rings. The van der Waals surface area contributed by atoms with Gasteiger partial charge >= 0.3 is 6.18 Å². The fourth-order valence-corrected chi connectivity index (χ4v) is 3.01. The third-order valence-corrected chi connectivity index (χ3v) is 4.85. The van der Waals surface area contributed by atoms with Gasteiger partial charge in [0.25, 0.3) is 0 Å². The predicted octanol–water partition coefficient (Wildman–Crippen LogP) is 1.74. The zero-order chi connectivity index (χ0) is 15.3. The van der Waals surface area contributed by atoms with Crippen LogP contribution in [0.5, 0.6) is 0 Å². The normalized spacial score (nSPS) is 20.3. The highest BCUT2D eigenvalue weighted by molar-refractivity contribution is 7.80. The molecule has 3 rings (SSSR count). The highest BCUT2D eigenvalue weighted by Gasteiger charge is 2.44. The van der Waals surface area contributed by atoms with E-state index < -0.39 is 12.0 Å². The number of thiol groups is 1. The lowest BCUT2D eigenvalue weighted by Crippen LogP contribution is -2.40. The number of hydrogen-bond acceptors (Lipinski definition) is 4. The molecule has 1 aliphatic heterocycles. The molecular weight excluding hydrogens is 305 g/mol. The molecular formula is C12H15F3N4OS. The molecule has 0 radical (unpaired) electrons. The second-order valence-electron chi connectivity index (χ2n) is 5.74. The van der Waals surface area contributed by atoms with E-state index in [4.69, 9.17) is 0 Å². The number of nitrogens with zero attached hydrogens (tertiary/aromatic N) is 4. The molecule has 9 heteroatoms. The van der Waals surface area contributed by atoms with Gasteiger partial charge in [-0.2, -0.15) is 25.8 Å². The Morgan fingerprint density at radius 2 is 2.00 bits per heavy atom. The van der Waals surface area contributed by atoms with E-state index in [1.807, 2.05) is 0 Å². The zero-order valence-corrected chi connectivity index (χ0v) is 12.1. The Hall–Kier alpha value is -1.25. The molecule has 1 amide bonds. The predicted molar refractivity (Wildman–Crippen MR) is 70.6 cm³/mol. The number of carbonyl (C=O) groups excluding carboxylic acids is 1. The summed E-state index contributed by atoms with van der Waals surface area (Å²) in [7, 11) is 0. The summed E-state index contributed by atoms with van der Waals surface area (Å²) in [4.78, 5) is 13.8. The van der Waals surface area contributed by atoms with Gasteiger partial charge < -0.3 is 9.47 Å². The van der Waals surface area contributed by atoms with Gasteiger partial charge in [0.15, 0.2) is 5.82 Å². The van der Waals surface area contributed by atoms with Crippen LogP contribution in [-0.4, -0.2) is 37.9 Å². The molecule has 0 spiro atoms.